The number of nitrogens with zero attached hydrogens (tertiary/aromatic N) is 4. The van der Waals surface area contributed by atoms with Gasteiger partial charge in [-0.1, -0.05) is 0 Å². The molecule has 2 aliphatic heterocycles. The van der Waals surface area contributed by atoms with Crippen molar-refractivity contribution in [1.29, 1.82) is 0 Å². The van der Waals surface area contributed by atoms with E-state index in [9.17, 15) is 14.3 Å². The van der Waals surface area contributed by atoms with Gasteiger partial charge in [0.1, 0.15) is 5.82 Å². The Bertz CT molecular complexity index is 1350. The van der Waals surface area contributed by atoms with Crippen LogP contribution in [-0.2, 0) is 11.2 Å². The molecule has 1 aromatic carbocycles. The van der Waals surface area contributed by atoms with Crippen LogP contribution in [0.25, 0.3) is 16.6 Å². The first kappa shape index (κ1) is 26.4. The van der Waals surface area contributed by atoms with Crippen LogP contribution in [-0.4, -0.2) is 82.4 Å². The van der Waals surface area contributed by atoms with Crippen molar-refractivity contribution >= 4 is 16.8 Å². The van der Waals surface area contributed by atoms with Gasteiger partial charge >= 0.3 is 0 Å². The molecule has 0 radical (unpaired) electrons. The molecule has 1 amide bonds. The summed E-state index contributed by atoms with van der Waals surface area (Å²) in [4.78, 5) is 22.4. The van der Waals surface area contributed by atoms with Gasteiger partial charge in [-0.05, 0) is 86.6 Å². The number of hydrogen-bond donors (Lipinski definition) is 1. The van der Waals surface area contributed by atoms with Crippen molar-refractivity contribution in [3.05, 3.63) is 59.3 Å². The van der Waals surface area contributed by atoms with Gasteiger partial charge in [-0.25, -0.2) is 4.39 Å². The molecular formula is C31H39FN4O3. The summed E-state index contributed by atoms with van der Waals surface area (Å²) in [6.07, 6.45) is 11.6. The Morgan fingerprint density at radius 3 is 2.67 bits per heavy atom. The SMILES string of the molecule is Cc1cncc2c1c(CC1CN(CC3CCOCC3)C1)cn2-c1ccc(F)cc1C(=O)N(C)C1(CO)CCC1. The molecule has 1 saturated carbocycles. The quantitative estimate of drug-likeness (QED) is 0.465. The number of rotatable bonds is 8. The molecule has 3 fully saturated rings. The molecule has 39 heavy (non-hydrogen) atoms. The minimum absolute atomic E-state index is 0.0907. The number of hydrogen-bond acceptors (Lipinski definition) is 5. The van der Waals surface area contributed by atoms with Crippen LogP contribution >= 0.6 is 0 Å². The summed E-state index contributed by atoms with van der Waals surface area (Å²) < 4.78 is 22.0. The number of aliphatic hydroxyl groups is 1. The summed E-state index contributed by atoms with van der Waals surface area (Å²) in [6, 6.07) is 4.42. The minimum Gasteiger partial charge on any atom is -0.394 e. The van der Waals surface area contributed by atoms with Crippen LogP contribution in [0.4, 0.5) is 4.39 Å². The van der Waals surface area contributed by atoms with Crippen molar-refractivity contribution in [1.82, 2.24) is 19.4 Å². The zero-order chi connectivity index (χ0) is 27.1. The molecule has 208 valence electrons. The fourth-order valence-electron chi connectivity index (χ4n) is 6.83. The van der Waals surface area contributed by atoms with Crippen molar-refractivity contribution in [2.75, 3.05) is 46.5 Å². The average Bonchev–Trinajstić information content (AvgIpc) is 3.26. The standard InChI is InChI=1S/C31H39FN4O3/c1-21-14-33-15-28-29(21)24(12-23-17-35(18-23)16-22-6-10-39-11-7-22)19-36(28)27-5-4-25(32)13-26(27)30(38)34(2)31(20-37)8-3-9-31/h4-5,13-15,19,22-23,37H,3,6-12,16-18,20H2,1-2H3. The fraction of sp³-hybridized carbons (Fsp3) is 0.548. The van der Waals surface area contributed by atoms with E-state index in [1.54, 1.807) is 18.0 Å². The third-order valence-electron chi connectivity index (χ3n) is 9.42. The molecule has 1 N–H and O–H groups in total. The smallest absolute Gasteiger partial charge is 0.256 e. The highest BCUT2D eigenvalue weighted by molar-refractivity contribution is 5.99. The first-order valence-electron chi connectivity index (χ1n) is 14.3. The first-order chi connectivity index (χ1) is 18.9. The molecule has 0 bridgehead atoms. The lowest BCUT2D eigenvalue weighted by Crippen LogP contribution is -2.57. The molecule has 4 heterocycles. The predicted molar refractivity (Wildman–Crippen MR) is 149 cm³/mol. The molecule has 2 saturated heterocycles. The predicted octanol–water partition coefficient (Wildman–Crippen LogP) is 4.36. The Kier molecular flexibility index (Phi) is 7.20. The highest BCUT2D eigenvalue weighted by Gasteiger charge is 2.43. The largest absolute Gasteiger partial charge is 0.394 e. The average molecular weight is 535 g/mol. The molecule has 6 rings (SSSR count). The van der Waals surface area contributed by atoms with Gasteiger partial charge in [0.05, 0.1) is 35.1 Å². The van der Waals surface area contributed by atoms with Gasteiger partial charge < -0.3 is 24.2 Å². The number of likely N-dealkylation sites (N-methyl/N-ethyl adjacent to an activating group) is 1. The number of carbonyl (C=O) groups is 1. The van der Waals surface area contributed by atoms with Crippen LogP contribution < -0.4 is 0 Å². The third-order valence-corrected chi connectivity index (χ3v) is 9.42. The number of amides is 1. The maximum atomic E-state index is 14.5. The van der Waals surface area contributed by atoms with Crippen molar-refractivity contribution in [3.8, 4) is 5.69 Å². The van der Waals surface area contributed by atoms with Crippen molar-refractivity contribution in [2.45, 2.75) is 51.0 Å². The number of aromatic nitrogens is 2. The van der Waals surface area contributed by atoms with E-state index >= 15 is 0 Å². The van der Waals surface area contributed by atoms with Gasteiger partial charge in [-0.15, -0.1) is 0 Å². The monoisotopic (exact) mass is 534 g/mol. The summed E-state index contributed by atoms with van der Waals surface area (Å²) in [7, 11) is 1.72. The van der Waals surface area contributed by atoms with E-state index in [1.807, 2.05) is 17.0 Å². The number of aliphatic hydroxyl groups excluding tert-OH is 1. The van der Waals surface area contributed by atoms with E-state index < -0.39 is 11.4 Å². The normalized spacial score (nSPS) is 20.1. The molecule has 0 atom stereocenters. The van der Waals surface area contributed by atoms with Gasteiger partial charge in [0.25, 0.3) is 5.91 Å². The molecule has 0 unspecified atom stereocenters. The Labute approximate surface area is 229 Å². The van der Waals surface area contributed by atoms with E-state index in [1.165, 1.54) is 17.7 Å². The molecule has 8 heteroatoms. The second-order valence-corrected chi connectivity index (χ2v) is 12.0. The van der Waals surface area contributed by atoms with Crippen LogP contribution in [0, 0.1) is 24.6 Å². The molecular weight excluding hydrogens is 495 g/mol. The minimum atomic E-state index is -0.566. The van der Waals surface area contributed by atoms with Gasteiger partial charge in [-0.3, -0.25) is 9.78 Å². The Morgan fingerprint density at radius 2 is 1.97 bits per heavy atom. The summed E-state index contributed by atoms with van der Waals surface area (Å²) in [5, 5.41) is 11.2. The number of likely N-dealkylation sites (tertiary alicyclic amines) is 1. The number of fused-ring (bicyclic) bond motifs is 1. The second-order valence-electron chi connectivity index (χ2n) is 12.0. The Hall–Kier alpha value is -2.81. The van der Waals surface area contributed by atoms with Crippen LogP contribution in [0.1, 0.15) is 53.6 Å². The molecule has 1 aliphatic carbocycles. The van der Waals surface area contributed by atoms with Gasteiger partial charge in [0.2, 0.25) is 0 Å². The summed E-state index contributed by atoms with van der Waals surface area (Å²) in [5.41, 5.74) is 3.63. The maximum absolute atomic E-state index is 14.5. The molecule has 3 aliphatic rings. The lowest BCUT2D eigenvalue weighted by atomic mass is 9.76. The maximum Gasteiger partial charge on any atom is 0.256 e. The van der Waals surface area contributed by atoms with E-state index in [2.05, 4.69) is 23.0 Å². The van der Waals surface area contributed by atoms with Crippen LogP contribution in [0.2, 0.25) is 0 Å². The number of ether oxygens (including phenoxy) is 1. The zero-order valence-electron chi connectivity index (χ0n) is 23.0. The van der Waals surface area contributed by atoms with E-state index in [-0.39, 0.29) is 12.5 Å². The third kappa shape index (κ3) is 4.87. The van der Waals surface area contributed by atoms with E-state index in [4.69, 9.17) is 4.74 Å². The topological polar surface area (TPSA) is 70.8 Å². The Morgan fingerprint density at radius 1 is 1.21 bits per heavy atom. The zero-order valence-corrected chi connectivity index (χ0v) is 23.0. The second kappa shape index (κ2) is 10.6. The van der Waals surface area contributed by atoms with Gasteiger partial charge in [-0.2, -0.15) is 0 Å². The van der Waals surface area contributed by atoms with Crippen molar-refractivity contribution < 1.29 is 19.0 Å². The highest BCUT2D eigenvalue weighted by Crippen LogP contribution is 2.38. The summed E-state index contributed by atoms with van der Waals surface area (Å²) >= 11 is 0. The number of aryl methyl sites for hydroxylation is 1. The van der Waals surface area contributed by atoms with Gasteiger partial charge in [0, 0.05) is 57.7 Å². The molecule has 3 aromatic rings. The lowest BCUT2D eigenvalue weighted by Gasteiger charge is -2.47. The molecule has 0 spiro atoms. The number of pyridine rings is 1. The highest BCUT2D eigenvalue weighted by atomic mass is 19.1. The number of halogens is 1. The van der Waals surface area contributed by atoms with Crippen molar-refractivity contribution in [3.63, 3.8) is 0 Å². The van der Waals surface area contributed by atoms with Crippen LogP contribution in [0.5, 0.6) is 0 Å². The van der Waals surface area contributed by atoms with Crippen LogP contribution in [0.15, 0.2) is 36.8 Å². The van der Waals surface area contributed by atoms with Crippen LogP contribution in [0.3, 0.4) is 0 Å². The first-order valence-corrected chi connectivity index (χ1v) is 14.3. The summed E-state index contributed by atoms with van der Waals surface area (Å²) in [5.74, 6) is 0.601. The van der Waals surface area contributed by atoms with E-state index in [0.717, 1.165) is 93.8 Å². The van der Waals surface area contributed by atoms with Gasteiger partial charge in [0.15, 0.2) is 0 Å². The Balaban J connectivity index is 1.29. The molecule has 2 aromatic heterocycles. The number of benzene rings is 1. The molecule has 7 nitrogen and oxygen atoms in total. The van der Waals surface area contributed by atoms with E-state index in [0.29, 0.717) is 17.2 Å². The fourth-order valence-corrected chi connectivity index (χ4v) is 6.83. The lowest BCUT2D eigenvalue weighted by molar-refractivity contribution is -0.00496. The summed E-state index contributed by atoms with van der Waals surface area (Å²) in [6.45, 7) is 7.12. The van der Waals surface area contributed by atoms with Crippen molar-refractivity contribution in [2.24, 2.45) is 11.8 Å². The number of carbonyl (C=O) groups excluding carboxylic acids is 1.